The van der Waals surface area contributed by atoms with E-state index in [2.05, 4.69) is 0 Å². The zero-order chi connectivity index (χ0) is 14.1. The molecule has 0 aliphatic rings. The number of benzene rings is 2. The summed E-state index contributed by atoms with van der Waals surface area (Å²) in [6.45, 7) is 0.236. The molecule has 0 aliphatic heterocycles. The Hall–Kier alpha value is -1.92. The Morgan fingerprint density at radius 3 is 2.62 bits per heavy atom. The normalized spacial score (nSPS) is 10.3. The molecule has 108 valence electrons. The van der Waals surface area contributed by atoms with Crippen molar-refractivity contribution in [3.63, 3.8) is 0 Å². The van der Waals surface area contributed by atoms with Crippen molar-refractivity contribution in [2.75, 3.05) is 11.5 Å². The van der Waals surface area contributed by atoms with Crippen LogP contribution in [0.4, 0.5) is 10.8 Å². The molecule has 0 unspecified atom stereocenters. The average Bonchev–Trinajstić information content (AvgIpc) is 2.75. The van der Waals surface area contributed by atoms with Crippen molar-refractivity contribution in [1.29, 1.82) is 0 Å². The lowest BCUT2D eigenvalue weighted by Crippen LogP contribution is -3.00. The monoisotopic (exact) mass is 363 g/mol. The van der Waals surface area contributed by atoms with Crippen LogP contribution >= 0.6 is 11.3 Å². The molecule has 6 heteroatoms. The van der Waals surface area contributed by atoms with Gasteiger partial charge in [-0.25, -0.2) is 0 Å². The summed E-state index contributed by atoms with van der Waals surface area (Å²) in [6, 6.07) is 14.8. The lowest BCUT2D eigenvalue weighted by atomic mass is 10.1. The average molecular weight is 364 g/mol. The van der Waals surface area contributed by atoms with Crippen LogP contribution in [0.1, 0.15) is 10.4 Å². The number of hydrogen-bond donors (Lipinski definition) is 2. The first-order valence-corrected chi connectivity index (χ1v) is 7.02. The van der Waals surface area contributed by atoms with E-state index in [1.54, 1.807) is 0 Å². The summed E-state index contributed by atoms with van der Waals surface area (Å²) >= 11 is 1.44. The molecule has 0 radical (unpaired) electrons. The van der Waals surface area contributed by atoms with Crippen molar-refractivity contribution in [2.45, 2.75) is 6.54 Å². The van der Waals surface area contributed by atoms with Crippen LogP contribution in [0.25, 0.3) is 10.2 Å². The zero-order valence-electron chi connectivity index (χ0n) is 11.1. The second kappa shape index (κ2) is 6.24. The van der Waals surface area contributed by atoms with Crippen molar-refractivity contribution in [2.24, 2.45) is 0 Å². The maximum atomic E-state index is 12.3. The van der Waals surface area contributed by atoms with Crippen molar-refractivity contribution in [1.82, 2.24) is 4.57 Å². The second-order valence-electron chi connectivity index (χ2n) is 4.54. The molecule has 4 nitrogen and oxygen atoms in total. The number of nitrogens with two attached hydrogens (primary N) is 2. The van der Waals surface area contributed by atoms with E-state index < -0.39 is 0 Å². The molecule has 0 amide bonds. The van der Waals surface area contributed by atoms with E-state index in [1.807, 2.05) is 53.1 Å². The molecule has 3 aromatic rings. The number of hydrogen-bond acceptors (Lipinski definition) is 4. The molecule has 0 saturated carbocycles. The maximum absolute atomic E-state index is 12.3. The maximum Gasteiger partial charge on any atom is 0.267 e. The Morgan fingerprint density at radius 2 is 1.90 bits per heavy atom. The number of rotatable bonds is 3. The first-order valence-electron chi connectivity index (χ1n) is 6.21. The number of nitrogen functional groups attached to an aromatic ring is 2. The highest BCUT2D eigenvalue weighted by atomic mass is 79.9. The van der Waals surface area contributed by atoms with Gasteiger partial charge in [-0.1, -0.05) is 30.3 Å². The van der Waals surface area contributed by atoms with E-state index in [9.17, 15) is 4.79 Å². The summed E-state index contributed by atoms with van der Waals surface area (Å²) in [5.74, 6) is 0.0406. The predicted molar refractivity (Wildman–Crippen MR) is 83.8 cm³/mol. The standard InChI is InChI=1S/C15H13N3OS.BrH/c16-11-6-7-12-14(8-11)20-15(17)18(12)9-13(19)10-4-2-1-3-5-10;/h1-8,17H,9,16H2;1H. The van der Waals surface area contributed by atoms with Crippen LogP contribution < -0.4 is 28.4 Å². The smallest absolute Gasteiger partial charge is 0.267 e. The molecule has 0 fully saturated rings. The third-order valence-electron chi connectivity index (χ3n) is 3.15. The first kappa shape index (κ1) is 15.5. The van der Waals surface area contributed by atoms with E-state index in [-0.39, 0.29) is 29.3 Å². The molecule has 1 heterocycles. The van der Waals surface area contributed by atoms with Crippen molar-refractivity contribution in [3.8, 4) is 0 Å². The molecule has 21 heavy (non-hydrogen) atoms. The molecule has 3 rings (SSSR count). The molecule has 0 atom stereocenters. The topological polar surface area (TPSA) is 74.0 Å². The third-order valence-corrected chi connectivity index (χ3v) is 4.13. The van der Waals surface area contributed by atoms with Gasteiger partial charge in [0.2, 0.25) is 10.2 Å². The van der Waals surface area contributed by atoms with Gasteiger partial charge in [-0.05, 0) is 6.07 Å². The fourth-order valence-electron chi connectivity index (χ4n) is 2.14. The number of Topliss-reactive ketones (excluding diaryl/α,β-unsaturated/α-hetero) is 1. The fraction of sp³-hybridized carbons (Fsp3) is 0.0667. The van der Waals surface area contributed by atoms with E-state index in [1.165, 1.54) is 11.3 Å². The minimum absolute atomic E-state index is 0. The van der Waals surface area contributed by atoms with Crippen LogP contribution in [0.5, 0.6) is 0 Å². The number of anilines is 2. The Labute approximate surface area is 136 Å². The molecule has 1 aromatic heterocycles. The number of aromatic nitrogens is 1. The largest absolute Gasteiger partial charge is 1.00 e. The number of carbonyl (C=O) groups is 1. The summed E-state index contributed by atoms with van der Waals surface area (Å²) in [5.41, 5.74) is 14.1. The van der Waals surface area contributed by atoms with Gasteiger partial charge in [-0.15, -0.1) is 0 Å². The van der Waals surface area contributed by atoms with Gasteiger partial charge in [0.15, 0.2) is 5.78 Å². The highest BCUT2D eigenvalue weighted by Gasteiger charge is 2.20. The van der Waals surface area contributed by atoms with Gasteiger partial charge >= 0.3 is 0 Å². The minimum Gasteiger partial charge on any atom is -1.00 e. The Morgan fingerprint density at radius 1 is 1.19 bits per heavy atom. The molecule has 0 spiro atoms. The summed E-state index contributed by atoms with van der Waals surface area (Å²) in [4.78, 5) is 12.3. The number of ketones is 1. The number of carbonyl (C=O) groups excluding carboxylic acids is 1. The van der Waals surface area contributed by atoms with Gasteiger partial charge < -0.3 is 28.4 Å². The number of nitrogens with zero attached hydrogens (tertiary/aromatic N) is 1. The number of thiazole rings is 1. The van der Waals surface area contributed by atoms with Gasteiger partial charge in [0.25, 0.3) is 5.13 Å². The minimum atomic E-state index is 0. The first-order chi connectivity index (χ1) is 9.65. The quantitative estimate of drug-likeness (QED) is 0.391. The van der Waals surface area contributed by atoms with Crippen LogP contribution in [0.2, 0.25) is 0 Å². The Bertz CT molecular complexity index is 786. The van der Waals surface area contributed by atoms with E-state index in [0.717, 1.165) is 10.2 Å². The van der Waals surface area contributed by atoms with Gasteiger partial charge in [-0.3, -0.25) is 4.79 Å². The van der Waals surface area contributed by atoms with Crippen LogP contribution in [-0.4, -0.2) is 10.4 Å². The summed E-state index contributed by atoms with van der Waals surface area (Å²) in [7, 11) is 0. The van der Waals surface area contributed by atoms with Gasteiger partial charge in [0.1, 0.15) is 6.54 Å². The molecular weight excluding hydrogens is 350 g/mol. The summed E-state index contributed by atoms with van der Waals surface area (Å²) < 4.78 is 2.82. The van der Waals surface area contributed by atoms with E-state index in [4.69, 9.17) is 11.5 Å². The third kappa shape index (κ3) is 3.06. The highest BCUT2D eigenvalue weighted by molar-refractivity contribution is 7.22. The molecule has 0 bridgehead atoms. The van der Waals surface area contributed by atoms with E-state index >= 15 is 0 Å². The summed E-state index contributed by atoms with van der Waals surface area (Å²) in [5, 5.41) is 0.606. The van der Waals surface area contributed by atoms with Gasteiger partial charge in [-0.2, -0.15) is 4.57 Å². The van der Waals surface area contributed by atoms with Crippen LogP contribution in [0, 0.1) is 0 Å². The van der Waals surface area contributed by atoms with Crippen LogP contribution in [0.3, 0.4) is 0 Å². The van der Waals surface area contributed by atoms with Gasteiger partial charge in [0.05, 0.1) is 17.4 Å². The van der Waals surface area contributed by atoms with E-state index in [0.29, 0.717) is 16.4 Å². The Kier molecular flexibility index (Phi) is 4.59. The SMILES string of the molecule is Nc1ccc2c(c1)s[c+](N)n2CC(=O)c1ccccc1.[Br-]. The van der Waals surface area contributed by atoms with Crippen molar-refractivity contribution >= 4 is 38.2 Å². The molecule has 2 aromatic carbocycles. The molecular formula is C15H14BrN3OS. The van der Waals surface area contributed by atoms with Crippen LogP contribution in [0.15, 0.2) is 48.5 Å². The van der Waals surface area contributed by atoms with Crippen molar-refractivity contribution in [3.05, 3.63) is 54.1 Å². The lowest BCUT2D eigenvalue weighted by molar-refractivity contribution is -0.0000118. The zero-order valence-corrected chi connectivity index (χ0v) is 13.5. The predicted octanol–water partition coefficient (Wildman–Crippen LogP) is 0.0352. The lowest BCUT2D eigenvalue weighted by Gasteiger charge is -2.01. The highest BCUT2D eigenvalue weighted by Crippen LogP contribution is 2.29. The van der Waals surface area contributed by atoms with Gasteiger partial charge in [0, 0.05) is 17.3 Å². The van der Waals surface area contributed by atoms with Crippen molar-refractivity contribution < 1.29 is 21.8 Å². The fourth-order valence-corrected chi connectivity index (χ4v) is 3.12. The summed E-state index contributed by atoms with van der Waals surface area (Å²) in [6.07, 6.45) is 0. The molecule has 0 aliphatic carbocycles. The van der Waals surface area contributed by atoms with Crippen LogP contribution in [-0.2, 0) is 6.54 Å². The molecule has 4 N–H and O–H groups in total. The number of halogens is 1. The Balaban J connectivity index is 0.00000161. The second-order valence-corrected chi connectivity index (χ2v) is 5.61. The molecule has 0 saturated heterocycles. The number of fused-ring (bicyclic) bond motifs is 1.